The third-order valence-corrected chi connectivity index (χ3v) is 5.84. The van der Waals surface area contributed by atoms with Crippen molar-refractivity contribution >= 4 is 9.84 Å². The molecule has 2 unspecified atom stereocenters. The lowest BCUT2D eigenvalue weighted by atomic mass is 10.0. The second kappa shape index (κ2) is 6.35. The average molecular weight is 274 g/mol. The van der Waals surface area contributed by atoms with Crippen molar-refractivity contribution in [3.63, 3.8) is 0 Å². The van der Waals surface area contributed by atoms with Gasteiger partial charge in [-0.2, -0.15) is 0 Å². The molecule has 0 radical (unpaired) electrons. The van der Waals surface area contributed by atoms with E-state index in [0.717, 1.165) is 32.5 Å². The maximum absolute atomic E-state index is 11.9. The minimum atomic E-state index is -2.84. The normalized spacial score (nSPS) is 32.7. The fraction of sp³-hybridized carbons (Fsp3) is 1.00. The van der Waals surface area contributed by atoms with E-state index in [-0.39, 0.29) is 12.1 Å². The van der Waals surface area contributed by atoms with Crippen molar-refractivity contribution in [1.29, 1.82) is 0 Å². The molecule has 0 spiro atoms. The number of hydrogen-bond acceptors (Lipinski definition) is 4. The van der Waals surface area contributed by atoms with Gasteiger partial charge in [-0.1, -0.05) is 19.8 Å². The van der Waals surface area contributed by atoms with Crippen LogP contribution in [0.3, 0.4) is 0 Å². The van der Waals surface area contributed by atoms with Crippen molar-refractivity contribution in [2.75, 3.05) is 31.1 Å². The number of nitrogens with zero attached hydrogens (tertiary/aromatic N) is 1. The molecule has 2 heterocycles. The largest absolute Gasteiger partial charge is 0.311 e. The third kappa shape index (κ3) is 3.68. The van der Waals surface area contributed by atoms with E-state index in [0.29, 0.717) is 11.5 Å². The van der Waals surface area contributed by atoms with Crippen LogP contribution in [-0.4, -0.2) is 56.5 Å². The van der Waals surface area contributed by atoms with Crippen LogP contribution in [-0.2, 0) is 9.84 Å². The summed E-state index contributed by atoms with van der Waals surface area (Å²) in [6.07, 6.45) is 6.02. The van der Waals surface area contributed by atoms with E-state index < -0.39 is 9.84 Å². The van der Waals surface area contributed by atoms with E-state index >= 15 is 0 Å². The van der Waals surface area contributed by atoms with Crippen LogP contribution < -0.4 is 5.32 Å². The smallest absolute Gasteiger partial charge is 0.153 e. The lowest BCUT2D eigenvalue weighted by Gasteiger charge is -2.35. The molecular formula is C13H26N2O2S. The Morgan fingerprint density at radius 3 is 2.56 bits per heavy atom. The van der Waals surface area contributed by atoms with Gasteiger partial charge in [-0.3, -0.25) is 4.90 Å². The third-order valence-electron chi connectivity index (χ3n) is 4.12. The molecule has 2 aliphatic heterocycles. The molecule has 0 aromatic rings. The molecule has 106 valence electrons. The van der Waals surface area contributed by atoms with Gasteiger partial charge in [-0.05, 0) is 38.9 Å². The highest BCUT2D eigenvalue weighted by Crippen LogP contribution is 2.22. The maximum atomic E-state index is 11.9. The molecule has 0 aromatic heterocycles. The average Bonchev–Trinajstić information content (AvgIpc) is 2.66. The van der Waals surface area contributed by atoms with Crippen LogP contribution in [0.25, 0.3) is 0 Å². The SMILES string of the molecule is CCCCNC1CS(=O)(=O)CC1N1CCCCC1. The van der Waals surface area contributed by atoms with Gasteiger partial charge in [0.05, 0.1) is 11.5 Å². The van der Waals surface area contributed by atoms with Crippen LogP contribution in [0.5, 0.6) is 0 Å². The maximum Gasteiger partial charge on any atom is 0.153 e. The zero-order chi connectivity index (χ0) is 13.0. The van der Waals surface area contributed by atoms with Crippen LogP contribution in [0.2, 0.25) is 0 Å². The summed E-state index contributed by atoms with van der Waals surface area (Å²) in [5, 5.41) is 3.46. The Morgan fingerprint density at radius 2 is 1.89 bits per heavy atom. The molecule has 2 saturated heterocycles. The summed E-state index contributed by atoms with van der Waals surface area (Å²) in [5.74, 6) is 0.689. The van der Waals surface area contributed by atoms with Gasteiger partial charge < -0.3 is 5.32 Å². The highest BCUT2D eigenvalue weighted by molar-refractivity contribution is 7.91. The first-order valence-corrected chi connectivity index (χ1v) is 9.12. The predicted octanol–water partition coefficient (Wildman–Crippen LogP) is 1.03. The molecule has 0 amide bonds. The highest BCUT2D eigenvalue weighted by Gasteiger charge is 2.40. The lowest BCUT2D eigenvalue weighted by Crippen LogP contribution is -2.51. The molecule has 2 fully saturated rings. The Morgan fingerprint density at radius 1 is 1.17 bits per heavy atom. The monoisotopic (exact) mass is 274 g/mol. The lowest BCUT2D eigenvalue weighted by molar-refractivity contribution is 0.155. The summed E-state index contributed by atoms with van der Waals surface area (Å²) in [6, 6.07) is 0.367. The number of sulfone groups is 1. The molecule has 2 aliphatic rings. The Labute approximate surface area is 111 Å². The van der Waals surface area contributed by atoms with E-state index in [1.54, 1.807) is 0 Å². The zero-order valence-corrected chi connectivity index (χ0v) is 12.2. The van der Waals surface area contributed by atoms with Crippen molar-refractivity contribution < 1.29 is 8.42 Å². The van der Waals surface area contributed by atoms with Crippen LogP contribution in [0.4, 0.5) is 0 Å². The molecule has 1 N–H and O–H groups in total. The van der Waals surface area contributed by atoms with Crippen molar-refractivity contribution in [1.82, 2.24) is 10.2 Å². The molecule has 2 atom stereocenters. The zero-order valence-electron chi connectivity index (χ0n) is 11.4. The summed E-state index contributed by atoms with van der Waals surface area (Å²) >= 11 is 0. The Hall–Kier alpha value is -0.130. The van der Waals surface area contributed by atoms with Gasteiger partial charge in [0, 0.05) is 12.1 Å². The number of rotatable bonds is 5. The number of nitrogens with one attached hydrogen (secondary N) is 1. The predicted molar refractivity (Wildman–Crippen MR) is 74.6 cm³/mol. The van der Waals surface area contributed by atoms with Gasteiger partial charge in [0.25, 0.3) is 0 Å². The summed E-state index contributed by atoms with van der Waals surface area (Å²) in [5.41, 5.74) is 0. The van der Waals surface area contributed by atoms with Gasteiger partial charge in [-0.25, -0.2) is 8.42 Å². The first kappa shape index (κ1) is 14.3. The number of unbranched alkanes of at least 4 members (excludes halogenated alkanes) is 1. The first-order chi connectivity index (χ1) is 8.62. The number of hydrogen-bond donors (Lipinski definition) is 1. The molecule has 5 heteroatoms. The first-order valence-electron chi connectivity index (χ1n) is 7.30. The van der Waals surface area contributed by atoms with E-state index in [4.69, 9.17) is 0 Å². The molecular weight excluding hydrogens is 248 g/mol. The highest BCUT2D eigenvalue weighted by atomic mass is 32.2. The molecule has 18 heavy (non-hydrogen) atoms. The Kier molecular flexibility index (Phi) is 5.04. The second-order valence-corrected chi connectivity index (χ2v) is 7.81. The van der Waals surface area contributed by atoms with Gasteiger partial charge in [0.1, 0.15) is 0 Å². The standard InChI is InChI=1S/C13H26N2O2S/c1-2-3-7-14-12-10-18(16,17)11-13(12)15-8-5-4-6-9-15/h12-14H,2-11H2,1H3. The van der Waals surface area contributed by atoms with E-state index in [2.05, 4.69) is 17.1 Å². The van der Waals surface area contributed by atoms with Crippen molar-refractivity contribution in [3.05, 3.63) is 0 Å². The topological polar surface area (TPSA) is 49.4 Å². The van der Waals surface area contributed by atoms with Gasteiger partial charge >= 0.3 is 0 Å². The van der Waals surface area contributed by atoms with Gasteiger partial charge in [0.15, 0.2) is 9.84 Å². The molecule has 0 saturated carbocycles. The fourth-order valence-electron chi connectivity index (χ4n) is 3.10. The van der Waals surface area contributed by atoms with Crippen molar-refractivity contribution in [2.24, 2.45) is 0 Å². The van der Waals surface area contributed by atoms with Gasteiger partial charge in [0.2, 0.25) is 0 Å². The van der Waals surface area contributed by atoms with Crippen LogP contribution in [0, 0.1) is 0 Å². The summed E-state index contributed by atoms with van der Waals surface area (Å²) in [6.45, 7) is 5.26. The minimum Gasteiger partial charge on any atom is -0.311 e. The van der Waals surface area contributed by atoms with Crippen LogP contribution >= 0.6 is 0 Å². The van der Waals surface area contributed by atoms with E-state index in [1.165, 1.54) is 19.3 Å². The van der Waals surface area contributed by atoms with Crippen molar-refractivity contribution in [3.8, 4) is 0 Å². The second-order valence-electron chi connectivity index (χ2n) is 5.66. The number of likely N-dealkylation sites (tertiary alicyclic amines) is 1. The minimum absolute atomic E-state index is 0.152. The molecule has 0 bridgehead atoms. The Bertz CT molecular complexity index is 350. The molecule has 2 rings (SSSR count). The van der Waals surface area contributed by atoms with Crippen LogP contribution in [0.1, 0.15) is 39.0 Å². The van der Waals surface area contributed by atoms with E-state index in [1.807, 2.05) is 0 Å². The fourth-order valence-corrected chi connectivity index (χ4v) is 5.08. The summed E-state index contributed by atoms with van der Waals surface area (Å²) < 4.78 is 23.7. The summed E-state index contributed by atoms with van der Waals surface area (Å²) in [4.78, 5) is 2.40. The quantitative estimate of drug-likeness (QED) is 0.761. The van der Waals surface area contributed by atoms with Gasteiger partial charge in [-0.15, -0.1) is 0 Å². The summed E-state index contributed by atoms with van der Waals surface area (Å²) in [7, 11) is -2.84. The molecule has 4 nitrogen and oxygen atoms in total. The van der Waals surface area contributed by atoms with E-state index in [9.17, 15) is 8.42 Å². The Balaban J connectivity index is 1.95. The molecule has 0 aliphatic carbocycles. The number of piperidine rings is 1. The van der Waals surface area contributed by atoms with Crippen molar-refractivity contribution in [2.45, 2.75) is 51.1 Å². The van der Waals surface area contributed by atoms with Crippen LogP contribution in [0.15, 0.2) is 0 Å². The molecule has 0 aromatic carbocycles.